The van der Waals surface area contributed by atoms with Gasteiger partial charge in [0.25, 0.3) is 0 Å². The second-order valence-electron chi connectivity index (χ2n) is 38.8. The summed E-state index contributed by atoms with van der Waals surface area (Å²) in [5.74, 6) is -3.84. The van der Waals surface area contributed by atoms with Crippen LogP contribution in [0.25, 0.3) is 55.7 Å². The Morgan fingerprint density at radius 2 is 0.311 bits per heavy atom. The zero-order valence-corrected chi connectivity index (χ0v) is 82.1. The number of hydrogen-bond donors (Lipinski definition) is 0. The molecule has 716 valence electrons. The summed E-state index contributed by atoms with van der Waals surface area (Å²) in [6.07, 6.45) is 0. The average molecular weight is 1940 g/mol. The number of rotatable bonds is 8. The van der Waals surface area contributed by atoms with Crippen molar-refractivity contribution >= 4 is 136 Å². The highest BCUT2D eigenvalue weighted by atomic mass is 19.2. The molecule has 6 heterocycles. The number of halogens is 8. The van der Waals surface area contributed by atoms with Gasteiger partial charge < -0.3 is 29.4 Å². The number of para-hydroxylation sites is 6. The minimum Gasteiger partial charge on any atom is -0.309 e. The molecule has 6 aliphatic rings. The average Bonchev–Trinajstić information content (AvgIpc) is 0.713. The Bertz CT molecular complexity index is 8180. The van der Waals surface area contributed by atoms with Gasteiger partial charge in [0.15, 0.2) is 0 Å². The lowest BCUT2D eigenvalue weighted by atomic mass is 9.78. The molecule has 0 amide bonds. The maximum absolute atomic E-state index is 15.6. The smallest absolute Gasteiger partial charge is 0.128 e. The van der Waals surface area contributed by atoms with Gasteiger partial charge in [0.2, 0.25) is 0 Å². The highest BCUT2D eigenvalue weighted by Crippen LogP contribution is 2.63. The third-order valence-electron chi connectivity index (χ3n) is 28.5. The fourth-order valence-corrected chi connectivity index (χ4v) is 22.7. The maximum atomic E-state index is 15.6. The van der Waals surface area contributed by atoms with Gasteiger partial charge in [0.05, 0.1) is 79.6 Å². The van der Waals surface area contributed by atoms with Crippen molar-refractivity contribution in [3.05, 3.63) is 582 Å². The Morgan fingerprint density at radius 3 is 0.568 bits per heavy atom. The minimum absolute atomic E-state index is 0.298. The summed E-state index contributed by atoms with van der Waals surface area (Å²) in [5, 5.41) is 0. The standard InChI is InChI=1S/C50H32F2N2.C42H30F4N2.C42H32F2N2/c51-37-27-35(33-15-3-1-4-16-33)29-39(31-37)53-45-23-11-7-19-41(45)49(42-20-8-12-24-46(42)53)50-43-21-9-13-25-47(43)54(48-26-14-10-22-44(48)50)40-30-36(28-38(52)32-40)34-17-5-2-6-18-34;1-23-5-9-33-37(13-23)47(31-19-27(43)17-28(44)20-31)38-14-24(2)6-10-34(38)41(33)42-35-11-7-25(3)15-39(35)48(32-21-29(45)18-30(46)22-32)40-16-26(4)8-12-36(40)42;1-25-17-26(2)20-31(19-25)45-37-11-7-5-9-33(37)41(35-15-13-29(43)23-39(35)45)42-34-10-6-8-12-38(34)46(32-21-27(3)18-28(4)22-32)40-24-30(44)14-16-36(40)42/h1-32H;5-22H,1-4H3;5-24H,1-4H3/b;;42-41+. The Balaban J connectivity index is 0.000000119. The van der Waals surface area contributed by atoms with Gasteiger partial charge in [-0.3, -0.25) is 0 Å². The fraction of sp³-hybridized carbons (Fsp3) is 0.0597. The highest BCUT2D eigenvalue weighted by molar-refractivity contribution is 6.22. The molecule has 148 heavy (non-hydrogen) atoms. The fourth-order valence-electron chi connectivity index (χ4n) is 22.7. The van der Waals surface area contributed by atoms with Gasteiger partial charge in [-0.1, -0.05) is 231 Å². The van der Waals surface area contributed by atoms with Crippen LogP contribution in [-0.4, -0.2) is 0 Å². The van der Waals surface area contributed by atoms with Gasteiger partial charge in [0, 0.05) is 135 Å². The van der Waals surface area contributed by atoms with Crippen molar-refractivity contribution < 1.29 is 35.1 Å². The van der Waals surface area contributed by atoms with Gasteiger partial charge >= 0.3 is 0 Å². The zero-order valence-electron chi connectivity index (χ0n) is 82.1. The van der Waals surface area contributed by atoms with E-state index in [0.29, 0.717) is 11.4 Å². The second kappa shape index (κ2) is 37.2. The molecule has 0 aliphatic carbocycles. The van der Waals surface area contributed by atoms with Crippen LogP contribution in [-0.2, 0) is 0 Å². The third-order valence-corrected chi connectivity index (χ3v) is 28.5. The molecule has 0 spiro atoms. The van der Waals surface area contributed by atoms with Crippen molar-refractivity contribution in [1.29, 1.82) is 0 Å². The monoisotopic (exact) mass is 1940 g/mol. The number of benzene rings is 20. The Hall–Kier alpha value is -18.1. The summed E-state index contributed by atoms with van der Waals surface area (Å²) in [4.78, 5) is 12.5. The number of hydrogen-bond acceptors (Lipinski definition) is 6. The molecule has 0 radical (unpaired) electrons. The molecule has 6 nitrogen and oxygen atoms in total. The quantitative estimate of drug-likeness (QED) is 0.140. The SMILES string of the molecule is Cc1cc(C)cc(N2c3ccccc3/C(=C3/c4ccccc4N(c4cc(C)cc(C)c4)c4cc(F)ccc43)c3ccc(F)cc32)c1.Cc1ccc2c(c1)N(c1cc(F)cc(F)c1)c1cc(C)ccc1C2=C1c2ccc(C)cc2N(c2cc(F)cc(F)c2)c2cc(C)ccc21.Fc1cc(-c2ccccc2)cc(N2c3ccccc3C(=C3c4ccccc4N(c4cc(F)cc(-c5ccccc5)c4)c4ccccc43)c3ccccc32)c1. The van der Waals surface area contributed by atoms with Crippen LogP contribution in [0.15, 0.2) is 425 Å². The largest absolute Gasteiger partial charge is 0.309 e. The van der Waals surface area contributed by atoms with E-state index in [0.717, 1.165) is 270 Å². The van der Waals surface area contributed by atoms with Crippen LogP contribution in [0.3, 0.4) is 0 Å². The van der Waals surface area contributed by atoms with Crippen LogP contribution in [0.4, 0.5) is 137 Å². The van der Waals surface area contributed by atoms with Crippen molar-refractivity contribution in [1.82, 2.24) is 0 Å². The lowest BCUT2D eigenvalue weighted by Gasteiger charge is -2.40. The number of aryl methyl sites for hydroxylation is 8. The summed E-state index contributed by atoms with van der Waals surface area (Å²) < 4.78 is 121. The van der Waals surface area contributed by atoms with Crippen LogP contribution in [0.5, 0.6) is 0 Å². The molecular formula is C134H94F8N6. The summed E-state index contributed by atoms with van der Waals surface area (Å²) in [7, 11) is 0. The van der Waals surface area contributed by atoms with Crippen LogP contribution in [0.1, 0.15) is 111 Å². The van der Waals surface area contributed by atoms with E-state index >= 15 is 17.6 Å². The minimum atomic E-state index is -0.660. The second-order valence-corrected chi connectivity index (χ2v) is 38.8. The van der Waals surface area contributed by atoms with E-state index in [1.165, 1.54) is 36.4 Å². The summed E-state index contributed by atoms with van der Waals surface area (Å²) >= 11 is 0. The number of fused-ring (bicyclic) bond motifs is 12. The first kappa shape index (κ1) is 92.3. The molecule has 0 aromatic heterocycles. The van der Waals surface area contributed by atoms with E-state index in [4.69, 9.17) is 0 Å². The van der Waals surface area contributed by atoms with Gasteiger partial charge in [-0.2, -0.15) is 0 Å². The van der Waals surface area contributed by atoms with Crippen LogP contribution >= 0.6 is 0 Å². The first-order chi connectivity index (χ1) is 71.9. The van der Waals surface area contributed by atoms with Crippen LogP contribution in [0.2, 0.25) is 0 Å². The predicted molar refractivity (Wildman–Crippen MR) is 590 cm³/mol. The maximum Gasteiger partial charge on any atom is 0.128 e. The zero-order chi connectivity index (χ0) is 101. The van der Waals surface area contributed by atoms with Crippen molar-refractivity contribution in [3.63, 3.8) is 0 Å². The molecule has 0 atom stereocenters. The lowest BCUT2D eigenvalue weighted by Crippen LogP contribution is -2.22. The van der Waals surface area contributed by atoms with E-state index in [9.17, 15) is 17.6 Å². The normalized spacial score (nSPS) is 13.6. The van der Waals surface area contributed by atoms with E-state index < -0.39 is 23.3 Å². The Labute approximate surface area is 854 Å². The molecule has 20 aromatic rings. The number of anilines is 18. The van der Waals surface area contributed by atoms with E-state index in [1.54, 1.807) is 36.4 Å². The molecule has 0 bridgehead atoms. The topological polar surface area (TPSA) is 19.4 Å². The van der Waals surface area contributed by atoms with Crippen LogP contribution < -0.4 is 29.4 Å². The molecule has 20 aromatic carbocycles. The third kappa shape index (κ3) is 16.4. The Kier molecular flexibility index (Phi) is 23.2. The van der Waals surface area contributed by atoms with Gasteiger partial charge in [0.1, 0.15) is 46.5 Å². The molecule has 0 saturated heterocycles. The van der Waals surface area contributed by atoms with Crippen molar-refractivity contribution in [3.8, 4) is 22.3 Å². The van der Waals surface area contributed by atoms with Gasteiger partial charge in [-0.25, -0.2) is 35.1 Å². The summed E-state index contributed by atoms with van der Waals surface area (Å²) in [6.45, 7) is 16.3. The number of nitrogens with zero attached hydrogens (tertiary/aromatic N) is 6. The van der Waals surface area contributed by atoms with Crippen molar-refractivity contribution in [2.75, 3.05) is 29.4 Å². The molecule has 14 heteroatoms. The predicted octanol–water partition coefficient (Wildman–Crippen LogP) is 37.7. The highest BCUT2D eigenvalue weighted by Gasteiger charge is 2.42. The van der Waals surface area contributed by atoms with Crippen LogP contribution in [0, 0.1) is 102 Å². The first-order valence-electron chi connectivity index (χ1n) is 49.4. The molecular weight excluding hydrogens is 1850 g/mol. The molecule has 0 unspecified atom stereocenters. The summed E-state index contributed by atoms with van der Waals surface area (Å²) in [5.41, 5.74) is 44.3. The molecule has 0 saturated carbocycles. The first-order valence-corrected chi connectivity index (χ1v) is 49.4. The van der Waals surface area contributed by atoms with E-state index in [-0.39, 0.29) is 23.3 Å². The molecule has 0 fully saturated rings. The Morgan fingerprint density at radius 1 is 0.122 bits per heavy atom. The van der Waals surface area contributed by atoms with E-state index in [1.807, 2.05) is 195 Å². The molecule has 6 aliphatic heterocycles. The molecule has 0 N–H and O–H groups in total. The van der Waals surface area contributed by atoms with E-state index in [2.05, 4.69) is 229 Å². The summed E-state index contributed by atoms with van der Waals surface area (Å²) in [6, 6.07) is 135. The lowest BCUT2D eigenvalue weighted by molar-refractivity contribution is 0.583. The van der Waals surface area contributed by atoms with Gasteiger partial charge in [-0.15, -0.1) is 0 Å². The molecule has 26 rings (SSSR count). The van der Waals surface area contributed by atoms with Crippen molar-refractivity contribution in [2.24, 2.45) is 0 Å². The van der Waals surface area contributed by atoms with Gasteiger partial charge in [-0.05, 0) is 304 Å². The van der Waals surface area contributed by atoms with Crippen molar-refractivity contribution in [2.45, 2.75) is 55.4 Å².